The minimum absolute atomic E-state index is 0.151. The van der Waals surface area contributed by atoms with Crippen LogP contribution in [0.15, 0.2) is 24.3 Å². The van der Waals surface area contributed by atoms with Crippen LogP contribution in [-0.4, -0.2) is 37.1 Å². The second kappa shape index (κ2) is 8.38. The van der Waals surface area contributed by atoms with Gasteiger partial charge >= 0.3 is 0 Å². The average Bonchev–Trinajstić information content (AvgIpc) is 2.67. The Morgan fingerprint density at radius 1 is 1.20 bits per heavy atom. The van der Waals surface area contributed by atoms with E-state index in [9.17, 15) is 4.39 Å². The molecule has 2 nitrogen and oxygen atoms in total. The molecule has 0 radical (unpaired) electrons. The lowest BCUT2D eigenvalue weighted by molar-refractivity contribution is 0.283. The Labute approximate surface area is 122 Å². The molecule has 1 aliphatic rings. The zero-order valence-electron chi connectivity index (χ0n) is 12.6. The highest BCUT2D eigenvalue weighted by molar-refractivity contribution is 5.16. The van der Waals surface area contributed by atoms with E-state index in [4.69, 9.17) is 0 Å². The molecule has 0 bridgehead atoms. The van der Waals surface area contributed by atoms with Gasteiger partial charge in [0.05, 0.1) is 0 Å². The van der Waals surface area contributed by atoms with E-state index in [1.807, 2.05) is 12.1 Å². The van der Waals surface area contributed by atoms with E-state index in [2.05, 4.69) is 17.1 Å². The molecule has 0 amide bonds. The van der Waals surface area contributed by atoms with E-state index in [1.54, 1.807) is 12.1 Å². The molecular weight excluding hydrogens is 251 g/mol. The lowest BCUT2D eigenvalue weighted by atomic mass is 10.1. The Morgan fingerprint density at radius 3 is 2.75 bits per heavy atom. The van der Waals surface area contributed by atoms with Gasteiger partial charge in [-0.15, -0.1) is 0 Å². The molecule has 3 heteroatoms. The van der Waals surface area contributed by atoms with Crippen LogP contribution in [0.3, 0.4) is 0 Å². The molecule has 1 aliphatic heterocycles. The Bertz CT molecular complexity index is 377. The number of hydrogen-bond donors (Lipinski definition) is 1. The molecule has 1 aromatic carbocycles. The van der Waals surface area contributed by atoms with Crippen LogP contribution in [0.25, 0.3) is 0 Å². The fourth-order valence-electron chi connectivity index (χ4n) is 2.97. The van der Waals surface area contributed by atoms with E-state index >= 15 is 0 Å². The lowest BCUT2D eigenvalue weighted by Gasteiger charge is -2.19. The molecule has 0 spiro atoms. The number of likely N-dealkylation sites (tertiary alicyclic amines) is 1. The van der Waals surface area contributed by atoms with E-state index in [0.29, 0.717) is 6.04 Å². The van der Waals surface area contributed by atoms with Gasteiger partial charge in [0.2, 0.25) is 0 Å². The van der Waals surface area contributed by atoms with Crippen molar-refractivity contribution in [2.45, 2.75) is 45.1 Å². The van der Waals surface area contributed by atoms with Crippen molar-refractivity contribution >= 4 is 0 Å². The van der Waals surface area contributed by atoms with Crippen LogP contribution >= 0.6 is 0 Å². The van der Waals surface area contributed by atoms with Crippen molar-refractivity contribution in [3.8, 4) is 0 Å². The third-order valence-corrected chi connectivity index (χ3v) is 4.12. The summed E-state index contributed by atoms with van der Waals surface area (Å²) in [5.74, 6) is -0.151. The standard InChI is InChI=1S/C17H27FN2/c1-2-12-20-13-3-4-17(10-14-20)19-11-9-15-5-7-16(18)8-6-15/h5-8,17,19H,2-4,9-14H2,1H3. The molecule has 1 heterocycles. The smallest absolute Gasteiger partial charge is 0.123 e. The summed E-state index contributed by atoms with van der Waals surface area (Å²) in [6, 6.07) is 7.50. The minimum atomic E-state index is -0.151. The van der Waals surface area contributed by atoms with Crippen LogP contribution in [-0.2, 0) is 6.42 Å². The van der Waals surface area contributed by atoms with Crippen molar-refractivity contribution < 1.29 is 4.39 Å². The fraction of sp³-hybridized carbons (Fsp3) is 0.647. The Kier molecular flexibility index (Phi) is 6.48. The van der Waals surface area contributed by atoms with Gasteiger partial charge in [-0.25, -0.2) is 4.39 Å². The zero-order chi connectivity index (χ0) is 14.2. The summed E-state index contributed by atoms with van der Waals surface area (Å²) in [7, 11) is 0. The van der Waals surface area contributed by atoms with Crippen LogP contribution < -0.4 is 5.32 Å². The summed E-state index contributed by atoms with van der Waals surface area (Å²) in [4.78, 5) is 2.58. The first kappa shape index (κ1) is 15.5. The Hall–Kier alpha value is -0.930. The molecule has 20 heavy (non-hydrogen) atoms. The van der Waals surface area contributed by atoms with Gasteiger partial charge in [-0.3, -0.25) is 0 Å². The maximum atomic E-state index is 12.8. The number of halogens is 1. The van der Waals surface area contributed by atoms with Gasteiger partial charge in [0.15, 0.2) is 0 Å². The first-order valence-electron chi connectivity index (χ1n) is 7.98. The Morgan fingerprint density at radius 2 is 2.00 bits per heavy atom. The van der Waals surface area contributed by atoms with E-state index < -0.39 is 0 Å². The SMILES string of the molecule is CCCN1CCCC(NCCc2ccc(F)cc2)CC1. The highest BCUT2D eigenvalue weighted by Gasteiger charge is 2.15. The molecule has 1 unspecified atom stereocenters. The quantitative estimate of drug-likeness (QED) is 0.859. The van der Waals surface area contributed by atoms with Crippen molar-refractivity contribution in [1.29, 1.82) is 0 Å². The third kappa shape index (κ3) is 5.22. The van der Waals surface area contributed by atoms with E-state index in [0.717, 1.165) is 13.0 Å². The van der Waals surface area contributed by atoms with Gasteiger partial charge in [0.25, 0.3) is 0 Å². The molecule has 1 saturated heterocycles. The van der Waals surface area contributed by atoms with Crippen LogP contribution in [0.2, 0.25) is 0 Å². The number of rotatable bonds is 6. The largest absolute Gasteiger partial charge is 0.314 e. The maximum Gasteiger partial charge on any atom is 0.123 e. The van der Waals surface area contributed by atoms with Crippen LogP contribution in [0, 0.1) is 5.82 Å². The summed E-state index contributed by atoms with van der Waals surface area (Å²) in [5, 5.41) is 3.67. The van der Waals surface area contributed by atoms with Gasteiger partial charge in [0, 0.05) is 6.04 Å². The van der Waals surface area contributed by atoms with Gasteiger partial charge < -0.3 is 10.2 Å². The molecule has 0 saturated carbocycles. The first-order valence-corrected chi connectivity index (χ1v) is 7.98. The molecule has 0 aliphatic carbocycles. The molecular formula is C17H27FN2. The average molecular weight is 278 g/mol. The molecule has 1 atom stereocenters. The normalized spacial score (nSPS) is 20.8. The number of nitrogens with zero attached hydrogens (tertiary/aromatic N) is 1. The second-order valence-corrected chi connectivity index (χ2v) is 5.80. The van der Waals surface area contributed by atoms with Crippen LogP contribution in [0.4, 0.5) is 4.39 Å². The van der Waals surface area contributed by atoms with Gasteiger partial charge in [-0.05, 0) is 76.0 Å². The van der Waals surface area contributed by atoms with Crippen LogP contribution in [0.1, 0.15) is 38.2 Å². The predicted molar refractivity (Wildman–Crippen MR) is 82.5 cm³/mol. The molecule has 2 rings (SSSR count). The summed E-state index contributed by atoms with van der Waals surface area (Å²) in [5.41, 5.74) is 1.21. The predicted octanol–water partition coefficient (Wildman–Crippen LogP) is 3.22. The summed E-state index contributed by atoms with van der Waals surface area (Å²) in [6.45, 7) is 6.96. The zero-order valence-corrected chi connectivity index (χ0v) is 12.6. The maximum absolute atomic E-state index is 12.8. The lowest BCUT2D eigenvalue weighted by Crippen LogP contribution is -2.32. The molecule has 1 N–H and O–H groups in total. The van der Waals surface area contributed by atoms with Crippen molar-refractivity contribution in [1.82, 2.24) is 10.2 Å². The minimum Gasteiger partial charge on any atom is -0.314 e. The number of hydrogen-bond acceptors (Lipinski definition) is 2. The first-order chi connectivity index (χ1) is 9.78. The highest BCUT2D eigenvalue weighted by atomic mass is 19.1. The topological polar surface area (TPSA) is 15.3 Å². The van der Waals surface area contributed by atoms with Crippen molar-refractivity contribution in [2.24, 2.45) is 0 Å². The van der Waals surface area contributed by atoms with Gasteiger partial charge in [-0.2, -0.15) is 0 Å². The fourth-order valence-corrected chi connectivity index (χ4v) is 2.97. The summed E-state index contributed by atoms with van der Waals surface area (Å²) < 4.78 is 12.8. The number of nitrogens with one attached hydrogen (secondary N) is 1. The van der Waals surface area contributed by atoms with Crippen molar-refractivity contribution in [3.63, 3.8) is 0 Å². The van der Waals surface area contributed by atoms with Crippen molar-refractivity contribution in [2.75, 3.05) is 26.2 Å². The molecule has 1 aromatic rings. The summed E-state index contributed by atoms with van der Waals surface area (Å²) >= 11 is 0. The van der Waals surface area contributed by atoms with Crippen molar-refractivity contribution in [3.05, 3.63) is 35.6 Å². The third-order valence-electron chi connectivity index (χ3n) is 4.12. The van der Waals surface area contributed by atoms with Gasteiger partial charge in [0.1, 0.15) is 5.82 Å². The second-order valence-electron chi connectivity index (χ2n) is 5.80. The van der Waals surface area contributed by atoms with E-state index in [1.165, 1.54) is 50.9 Å². The summed E-state index contributed by atoms with van der Waals surface area (Å²) in [6.07, 6.45) is 6.07. The van der Waals surface area contributed by atoms with E-state index in [-0.39, 0.29) is 5.82 Å². The molecule has 0 aromatic heterocycles. The van der Waals surface area contributed by atoms with Crippen LogP contribution in [0.5, 0.6) is 0 Å². The highest BCUT2D eigenvalue weighted by Crippen LogP contribution is 2.11. The Balaban J connectivity index is 1.67. The van der Waals surface area contributed by atoms with Gasteiger partial charge in [-0.1, -0.05) is 19.1 Å². The monoisotopic (exact) mass is 278 g/mol. The molecule has 112 valence electrons. The number of benzene rings is 1. The molecule has 1 fully saturated rings.